The Morgan fingerprint density at radius 2 is 2.06 bits per heavy atom. The lowest BCUT2D eigenvalue weighted by atomic mass is 9.99. The first-order chi connectivity index (χ1) is 8.03. The molecular formula is C14H19N3. The van der Waals surface area contributed by atoms with Crippen LogP contribution in [0.2, 0.25) is 0 Å². The van der Waals surface area contributed by atoms with E-state index in [2.05, 4.69) is 42.8 Å². The summed E-state index contributed by atoms with van der Waals surface area (Å²) >= 11 is 0. The van der Waals surface area contributed by atoms with Crippen molar-refractivity contribution in [1.82, 2.24) is 4.90 Å². The lowest BCUT2D eigenvalue weighted by Crippen LogP contribution is -2.57. The maximum Gasteiger partial charge on any atom is 0.0992 e. The molecule has 0 spiro atoms. The second kappa shape index (κ2) is 4.38. The highest BCUT2D eigenvalue weighted by Crippen LogP contribution is 2.24. The van der Waals surface area contributed by atoms with E-state index >= 15 is 0 Å². The molecule has 0 bridgehead atoms. The lowest BCUT2D eigenvalue weighted by molar-refractivity contribution is 0.139. The predicted octanol–water partition coefficient (Wildman–Crippen LogP) is 2.09. The zero-order valence-corrected chi connectivity index (χ0v) is 10.8. The van der Waals surface area contributed by atoms with Gasteiger partial charge in [0.05, 0.1) is 11.6 Å². The Morgan fingerprint density at radius 3 is 2.71 bits per heavy atom. The average molecular weight is 229 g/mol. The van der Waals surface area contributed by atoms with Crippen molar-refractivity contribution in [2.45, 2.75) is 19.4 Å². The van der Waals surface area contributed by atoms with Crippen molar-refractivity contribution >= 4 is 5.69 Å². The molecule has 0 aromatic heterocycles. The maximum absolute atomic E-state index is 8.93. The molecule has 0 amide bonds. The number of piperazine rings is 1. The summed E-state index contributed by atoms with van der Waals surface area (Å²) in [5.74, 6) is 0. The summed E-state index contributed by atoms with van der Waals surface area (Å²) < 4.78 is 0. The highest BCUT2D eigenvalue weighted by Gasteiger charge is 2.30. The van der Waals surface area contributed by atoms with Crippen LogP contribution >= 0.6 is 0 Å². The van der Waals surface area contributed by atoms with Crippen LogP contribution in [0.1, 0.15) is 19.4 Å². The lowest BCUT2D eigenvalue weighted by Gasteiger charge is -2.46. The summed E-state index contributed by atoms with van der Waals surface area (Å²) in [7, 11) is 2.17. The van der Waals surface area contributed by atoms with Gasteiger partial charge >= 0.3 is 0 Å². The van der Waals surface area contributed by atoms with E-state index in [-0.39, 0.29) is 5.54 Å². The SMILES string of the molecule is CN1CCN(c2cccc(C#N)c2)CC1(C)C. The molecule has 1 aliphatic rings. The topological polar surface area (TPSA) is 30.3 Å². The van der Waals surface area contributed by atoms with E-state index < -0.39 is 0 Å². The third-order valence-electron chi connectivity index (χ3n) is 3.66. The second-order valence-electron chi connectivity index (χ2n) is 5.32. The van der Waals surface area contributed by atoms with Crippen molar-refractivity contribution < 1.29 is 0 Å². The first kappa shape index (κ1) is 11.9. The fourth-order valence-electron chi connectivity index (χ4n) is 2.23. The van der Waals surface area contributed by atoms with Crippen molar-refractivity contribution in [3.63, 3.8) is 0 Å². The molecule has 1 aromatic carbocycles. The molecule has 3 heteroatoms. The molecule has 1 fully saturated rings. The molecule has 0 N–H and O–H groups in total. The average Bonchev–Trinajstić information content (AvgIpc) is 2.32. The number of nitriles is 1. The van der Waals surface area contributed by atoms with Crippen LogP contribution in [0, 0.1) is 11.3 Å². The largest absolute Gasteiger partial charge is 0.368 e. The fourth-order valence-corrected chi connectivity index (χ4v) is 2.23. The van der Waals surface area contributed by atoms with E-state index in [0.29, 0.717) is 0 Å². The van der Waals surface area contributed by atoms with E-state index in [1.165, 1.54) is 0 Å². The molecule has 1 heterocycles. The number of anilines is 1. The van der Waals surface area contributed by atoms with Crippen molar-refractivity contribution in [2.75, 3.05) is 31.6 Å². The van der Waals surface area contributed by atoms with Gasteiger partial charge in [0, 0.05) is 30.9 Å². The minimum atomic E-state index is 0.181. The van der Waals surface area contributed by atoms with Gasteiger partial charge in [-0.3, -0.25) is 4.90 Å². The minimum absolute atomic E-state index is 0.181. The number of likely N-dealkylation sites (N-methyl/N-ethyl adjacent to an activating group) is 1. The number of hydrogen-bond donors (Lipinski definition) is 0. The van der Waals surface area contributed by atoms with E-state index in [0.717, 1.165) is 30.9 Å². The van der Waals surface area contributed by atoms with Gasteiger partial charge in [-0.05, 0) is 39.1 Å². The van der Waals surface area contributed by atoms with Crippen molar-refractivity contribution in [1.29, 1.82) is 5.26 Å². The van der Waals surface area contributed by atoms with Crippen LogP contribution in [0.3, 0.4) is 0 Å². The van der Waals surface area contributed by atoms with Crippen molar-refractivity contribution in [3.05, 3.63) is 29.8 Å². The monoisotopic (exact) mass is 229 g/mol. The van der Waals surface area contributed by atoms with Gasteiger partial charge in [0.1, 0.15) is 0 Å². The Morgan fingerprint density at radius 1 is 1.29 bits per heavy atom. The normalized spacial score (nSPS) is 20.0. The Kier molecular flexibility index (Phi) is 3.08. The van der Waals surface area contributed by atoms with Crippen LogP contribution in [0.5, 0.6) is 0 Å². The predicted molar refractivity (Wildman–Crippen MR) is 70.1 cm³/mol. The number of benzene rings is 1. The molecule has 1 aliphatic heterocycles. The van der Waals surface area contributed by atoms with Crippen molar-refractivity contribution in [3.8, 4) is 6.07 Å². The van der Waals surface area contributed by atoms with Crippen LogP contribution in [-0.2, 0) is 0 Å². The molecule has 2 rings (SSSR count). The molecule has 1 aromatic rings. The molecule has 0 radical (unpaired) electrons. The first-order valence-corrected chi connectivity index (χ1v) is 5.99. The summed E-state index contributed by atoms with van der Waals surface area (Å²) in [6.45, 7) is 7.59. The van der Waals surface area contributed by atoms with Gasteiger partial charge in [-0.15, -0.1) is 0 Å². The van der Waals surface area contributed by atoms with Gasteiger partial charge in [0.2, 0.25) is 0 Å². The molecule has 90 valence electrons. The summed E-state index contributed by atoms with van der Waals surface area (Å²) in [6, 6.07) is 10.1. The van der Waals surface area contributed by atoms with Crippen LogP contribution in [0.4, 0.5) is 5.69 Å². The van der Waals surface area contributed by atoms with Crippen LogP contribution in [-0.4, -0.2) is 37.1 Å². The highest BCUT2D eigenvalue weighted by atomic mass is 15.3. The van der Waals surface area contributed by atoms with Gasteiger partial charge < -0.3 is 4.90 Å². The Balaban J connectivity index is 2.21. The molecule has 0 aliphatic carbocycles. The highest BCUT2D eigenvalue weighted by molar-refractivity contribution is 5.52. The van der Waals surface area contributed by atoms with Crippen LogP contribution in [0.25, 0.3) is 0 Å². The quantitative estimate of drug-likeness (QED) is 0.738. The smallest absolute Gasteiger partial charge is 0.0992 e. The van der Waals surface area contributed by atoms with Crippen LogP contribution in [0.15, 0.2) is 24.3 Å². The Hall–Kier alpha value is -1.53. The summed E-state index contributed by atoms with van der Waals surface area (Å²) in [4.78, 5) is 4.75. The van der Waals surface area contributed by atoms with E-state index in [1.54, 1.807) is 0 Å². The molecule has 0 unspecified atom stereocenters. The van der Waals surface area contributed by atoms with Gasteiger partial charge in [0.25, 0.3) is 0 Å². The molecule has 17 heavy (non-hydrogen) atoms. The zero-order valence-electron chi connectivity index (χ0n) is 10.8. The summed E-state index contributed by atoms with van der Waals surface area (Å²) in [5, 5.41) is 8.93. The fraction of sp³-hybridized carbons (Fsp3) is 0.500. The summed E-state index contributed by atoms with van der Waals surface area (Å²) in [5.41, 5.74) is 2.07. The maximum atomic E-state index is 8.93. The van der Waals surface area contributed by atoms with Gasteiger partial charge in [-0.25, -0.2) is 0 Å². The van der Waals surface area contributed by atoms with E-state index in [1.807, 2.05) is 18.2 Å². The molecule has 3 nitrogen and oxygen atoms in total. The third-order valence-corrected chi connectivity index (χ3v) is 3.66. The number of nitrogens with zero attached hydrogens (tertiary/aromatic N) is 3. The molecule has 1 saturated heterocycles. The number of rotatable bonds is 1. The molecular weight excluding hydrogens is 210 g/mol. The standard InChI is InChI=1S/C14H19N3/c1-14(2)11-17(8-7-16(14)3)13-6-4-5-12(9-13)10-15/h4-6,9H,7-8,11H2,1-3H3. The molecule has 0 atom stereocenters. The Labute approximate surface area is 103 Å². The van der Waals surface area contributed by atoms with E-state index in [4.69, 9.17) is 5.26 Å². The zero-order chi connectivity index (χ0) is 12.5. The van der Waals surface area contributed by atoms with E-state index in [9.17, 15) is 0 Å². The second-order valence-corrected chi connectivity index (χ2v) is 5.32. The van der Waals surface area contributed by atoms with Crippen molar-refractivity contribution in [2.24, 2.45) is 0 Å². The first-order valence-electron chi connectivity index (χ1n) is 5.99. The van der Waals surface area contributed by atoms with Gasteiger partial charge in [0.15, 0.2) is 0 Å². The van der Waals surface area contributed by atoms with Crippen LogP contribution < -0.4 is 4.90 Å². The Bertz CT molecular complexity index is 445. The molecule has 0 saturated carbocycles. The number of hydrogen-bond acceptors (Lipinski definition) is 3. The third kappa shape index (κ3) is 2.42. The van der Waals surface area contributed by atoms with Gasteiger partial charge in [-0.1, -0.05) is 6.07 Å². The summed E-state index contributed by atoms with van der Waals surface area (Å²) in [6.07, 6.45) is 0. The van der Waals surface area contributed by atoms with Gasteiger partial charge in [-0.2, -0.15) is 5.26 Å². The minimum Gasteiger partial charge on any atom is -0.368 e.